The number of benzene rings is 3. The van der Waals surface area contributed by atoms with Crippen LogP contribution in [0, 0.1) is 6.92 Å². The summed E-state index contributed by atoms with van der Waals surface area (Å²) in [5, 5.41) is 3.37. The minimum absolute atomic E-state index is 0.102. The van der Waals surface area contributed by atoms with E-state index in [9.17, 15) is 18.0 Å². The molecule has 7 nitrogen and oxygen atoms in total. The minimum Gasteiger partial charge on any atom is -0.352 e. The van der Waals surface area contributed by atoms with Crippen molar-refractivity contribution in [1.29, 1.82) is 0 Å². The Morgan fingerprint density at radius 1 is 1.00 bits per heavy atom. The van der Waals surface area contributed by atoms with Crippen LogP contribution in [-0.4, -0.2) is 50.0 Å². The largest absolute Gasteiger partial charge is 0.352 e. The zero-order chi connectivity index (χ0) is 29.4. The molecule has 0 saturated carbocycles. The van der Waals surface area contributed by atoms with E-state index in [-0.39, 0.29) is 24.9 Å². The van der Waals surface area contributed by atoms with Crippen LogP contribution in [0.15, 0.2) is 77.3 Å². The number of nitrogens with one attached hydrogen (secondary N) is 1. The lowest BCUT2D eigenvalue weighted by atomic mass is 10.0. The predicted octanol–water partition coefficient (Wildman–Crippen LogP) is 5.73. The monoisotopic (exact) mass is 647 g/mol. The maximum absolute atomic E-state index is 14.1. The van der Waals surface area contributed by atoms with Gasteiger partial charge in [-0.25, -0.2) is 8.42 Å². The second kappa shape index (κ2) is 14.1. The van der Waals surface area contributed by atoms with E-state index in [1.54, 1.807) is 19.1 Å². The van der Waals surface area contributed by atoms with Crippen molar-refractivity contribution in [1.82, 2.24) is 10.2 Å². The number of aryl methyl sites for hydroxylation is 1. The van der Waals surface area contributed by atoms with Gasteiger partial charge in [-0.2, -0.15) is 0 Å². The Balaban J connectivity index is 2.09. The average Bonchev–Trinajstić information content (AvgIpc) is 2.90. The summed E-state index contributed by atoms with van der Waals surface area (Å²) in [5.74, 6) is -0.809. The van der Waals surface area contributed by atoms with E-state index < -0.39 is 28.5 Å². The molecule has 0 aliphatic carbocycles. The molecular weight excluding hydrogens is 614 g/mol. The first-order valence-electron chi connectivity index (χ1n) is 13.0. The fraction of sp³-hybridized carbons (Fsp3) is 0.333. The highest BCUT2D eigenvalue weighted by atomic mass is 79.9. The third-order valence-corrected chi connectivity index (χ3v) is 8.49. The second-order valence-electron chi connectivity index (χ2n) is 9.88. The summed E-state index contributed by atoms with van der Waals surface area (Å²) in [6, 6.07) is 20.8. The van der Waals surface area contributed by atoms with Gasteiger partial charge >= 0.3 is 0 Å². The van der Waals surface area contributed by atoms with Gasteiger partial charge in [0, 0.05) is 28.5 Å². The van der Waals surface area contributed by atoms with Crippen LogP contribution >= 0.6 is 27.5 Å². The Kier molecular flexibility index (Phi) is 11.2. The van der Waals surface area contributed by atoms with Gasteiger partial charge in [-0.05, 0) is 61.2 Å². The number of anilines is 1. The van der Waals surface area contributed by atoms with Crippen LogP contribution in [0.2, 0.25) is 5.02 Å². The van der Waals surface area contributed by atoms with Gasteiger partial charge in [-0.15, -0.1) is 0 Å². The van der Waals surface area contributed by atoms with Crippen molar-refractivity contribution in [2.75, 3.05) is 17.1 Å². The van der Waals surface area contributed by atoms with E-state index in [0.29, 0.717) is 16.3 Å². The van der Waals surface area contributed by atoms with E-state index in [0.717, 1.165) is 32.6 Å². The van der Waals surface area contributed by atoms with Gasteiger partial charge in [-0.3, -0.25) is 13.9 Å². The Hall–Kier alpha value is -2.88. The van der Waals surface area contributed by atoms with Gasteiger partial charge in [-0.1, -0.05) is 83.0 Å². The number of rotatable bonds is 12. The molecule has 40 heavy (non-hydrogen) atoms. The predicted molar refractivity (Wildman–Crippen MR) is 165 cm³/mol. The summed E-state index contributed by atoms with van der Waals surface area (Å²) < 4.78 is 27.8. The summed E-state index contributed by atoms with van der Waals surface area (Å²) in [5.41, 5.74) is 2.64. The maximum atomic E-state index is 14.1. The van der Waals surface area contributed by atoms with Gasteiger partial charge < -0.3 is 10.2 Å². The molecular formula is C30H35BrClN3O4S. The Labute approximate surface area is 250 Å². The topological polar surface area (TPSA) is 86.8 Å². The van der Waals surface area contributed by atoms with Crippen molar-refractivity contribution in [3.8, 4) is 0 Å². The molecule has 0 bridgehead atoms. The molecule has 3 aromatic rings. The molecule has 0 aliphatic heterocycles. The van der Waals surface area contributed by atoms with Crippen molar-refractivity contribution in [3.63, 3.8) is 0 Å². The van der Waals surface area contributed by atoms with Crippen molar-refractivity contribution in [3.05, 3.63) is 99.0 Å². The van der Waals surface area contributed by atoms with E-state index in [2.05, 4.69) is 21.2 Å². The number of amides is 2. The van der Waals surface area contributed by atoms with Crippen molar-refractivity contribution in [2.24, 2.45) is 0 Å². The summed E-state index contributed by atoms with van der Waals surface area (Å²) in [6.07, 6.45) is 2.04. The first-order valence-corrected chi connectivity index (χ1v) is 16.0. The molecule has 2 amide bonds. The maximum Gasteiger partial charge on any atom is 0.244 e. The lowest BCUT2D eigenvalue weighted by molar-refractivity contribution is -0.140. The zero-order valence-corrected chi connectivity index (χ0v) is 26.3. The Morgan fingerprint density at radius 2 is 1.68 bits per heavy atom. The average molecular weight is 649 g/mol. The zero-order valence-electron chi connectivity index (χ0n) is 23.1. The van der Waals surface area contributed by atoms with Crippen LogP contribution < -0.4 is 9.62 Å². The lowest BCUT2D eigenvalue weighted by Crippen LogP contribution is -2.54. The van der Waals surface area contributed by atoms with Gasteiger partial charge in [0.15, 0.2) is 0 Å². The van der Waals surface area contributed by atoms with Crippen LogP contribution in [0.25, 0.3) is 0 Å². The number of halogens is 2. The number of hydrogen-bond donors (Lipinski definition) is 1. The fourth-order valence-electron chi connectivity index (χ4n) is 4.27. The van der Waals surface area contributed by atoms with E-state index in [4.69, 9.17) is 11.6 Å². The van der Waals surface area contributed by atoms with Gasteiger partial charge in [0.2, 0.25) is 21.8 Å². The summed E-state index contributed by atoms with van der Waals surface area (Å²) >= 11 is 9.68. The molecule has 0 spiro atoms. The first-order chi connectivity index (χ1) is 18.9. The minimum atomic E-state index is -3.87. The number of hydrogen-bond acceptors (Lipinski definition) is 4. The van der Waals surface area contributed by atoms with E-state index >= 15 is 0 Å². The Morgan fingerprint density at radius 3 is 2.30 bits per heavy atom. The molecule has 0 saturated heterocycles. The van der Waals surface area contributed by atoms with Gasteiger partial charge in [0.05, 0.1) is 11.9 Å². The molecule has 3 aromatic carbocycles. The first kappa shape index (κ1) is 31.6. The van der Waals surface area contributed by atoms with Crippen LogP contribution in [0.5, 0.6) is 0 Å². The van der Waals surface area contributed by atoms with E-state index in [1.807, 2.05) is 68.4 Å². The number of carbonyl (C=O) groups excluding carboxylic acids is 2. The fourth-order valence-corrected chi connectivity index (χ4v) is 5.79. The smallest absolute Gasteiger partial charge is 0.244 e. The highest BCUT2D eigenvalue weighted by Gasteiger charge is 2.33. The molecule has 0 fully saturated rings. The molecule has 0 aromatic heterocycles. The number of carbonyl (C=O) groups is 2. The van der Waals surface area contributed by atoms with Crippen LogP contribution in [0.4, 0.5) is 5.69 Å². The highest BCUT2D eigenvalue weighted by Crippen LogP contribution is 2.27. The standard InChI is InChI=1S/C30H35BrClN3O4S/c1-5-22(3)33-30(37)28(17-23-10-7-6-8-11-23)34(19-24-12-9-13-25(31)16-24)29(36)20-35(40(4,38)39)27-18-26(32)15-14-21(27)2/h6-16,18,22,28H,5,17,19-20H2,1-4H3,(H,33,37)/t22-,28+/m1/s1. The molecule has 3 rings (SSSR count). The number of sulfonamides is 1. The molecule has 0 heterocycles. The highest BCUT2D eigenvalue weighted by molar-refractivity contribution is 9.10. The summed E-state index contributed by atoms with van der Waals surface area (Å²) in [6.45, 7) is 5.25. The summed E-state index contributed by atoms with van der Waals surface area (Å²) in [4.78, 5) is 29.3. The third kappa shape index (κ3) is 8.81. The van der Waals surface area contributed by atoms with Gasteiger partial charge in [0.25, 0.3) is 0 Å². The SMILES string of the molecule is CC[C@@H](C)NC(=O)[C@H](Cc1ccccc1)N(Cc1cccc(Br)c1)C(=O)CN(c1cc(Cl)ccc1C)S(C)(=O)=O. The molecule has 0 aliphatic rings. The van der Waals surface area contributed by atoms with E-state index in [1.165, 1.54) is 11.0 Å². The number of nitrogens with zero attached hydrogens (tertiary/aromatic N) is 2. The second-order valence-corrected chi connectivity index (χ2v) is 13.1. The van der Waals surface area contributed by atoms with Gasteiger partial charge in [0.1, 0.15) is 12.6 Å². The molecule has 0 radical (unpaired) electrons. The lowest BCUT2D eigenvalue weighted by Gasteiger charge is -2.34. The van der Waals surface area contributed by atoms with Crippen LogP contribution in [0.3, 0.4) is 0 Å². The van der Waals surface area contributed by atoms with Crippen LogP contribution in [0.1, 0.15) is 37.0 Å². The van der Waals surface area contributed by atoms with Crippen LogP contribution in [-0.2, 0) is 32.6 Å². The normalized spacial score (nSPS) is 12.8. The van der Waals surface area contributed by atoms with Crippen molar-refractivity contribution in [2.45, 2.75) is 52.2 Å². The molecule has 2 atom stereocenters. The van der Waals surface area contributed by atoms with Crippen molar-refractivity contribution >= 4 is 55.1 Å². The quantitative estimate of drug-likeness (QED) is 0.272. The third-order valence-electron chi connectivity index (χ3n) is 6.63. The van der Waals surface area contributed by atoms with Crippen molar-refractivity contribution < 1.29 is 18.0 Å². The molecule has 10 heteroatoms. The molecule has 1 N–H and O–H groups in total. The molecule has 214 valence electrons. The summed E-state index contributed by atoms with van der Waals surface area (Å²) in [7, 11) is -3.87. The Bertz CT molecular complexity index is 1440. The molecule has 0 unspecified atom stereocenters.